The molecule has 7 nitrogen and oxygen atoms in total. The van der Waals surface area contributed by atoms with Crippen LogP contribution in [0.3, 0.4) is 0 Å². The Kier molecular flexibility index (Phi) is 5.17. The highest BCUT2D eigenvalue weighted by Crippen LogP contribution is 2.25. The number of carbonyl (C=O) groups excluding carboxylic acids is 2. The molecule has 0 radical (unpaired) electrons. The Bertz CT molecular complexity index is 681. The number of amides is 1. The highest BCUT2D eigenvalue weighted by atomic mass is 32.2. The van der Waals surface area contributed by atoms with Gasteiger partial charge in [0, 0.05) is 6.42 Å². The van der Waals surface area contributed by atoms with Gasteiger partial charge in [-0.25, -0.2) is 18.2 Å². The van der Waals surface area contributed by atoms with Gasteiger partial charge in [0.1, 0.15) is 4.88 Å². The maximum absolute atomic E-state index is 11.9. The third-order valence-electron chi connectivity index (χ3n) is 3.30. The lowest BCUT2D eigenvalue weighted by atomic mass is 10.1. The predicted octanol–water partition coefficient (Wildman–Crippen LogP) is 1.39. The van der Waals surface area contributed by atoms with E-state index in [0.717, 1.165) is 11.3 Å². The summed E-state index contributed by atoms with van der Waals surface area (Å²) in [5.74, 6) is -0.679. The van der Waals surface area contributed by atoms with Crippen LogP contribution in [0, 0.1) is 12.8 Å². The van der Waals surface area contributed by atoms with Gasteiger partial charge in [0.2, 0.25) is 5.91 Å². The number of nitrogens with zero attached hydrogens (tertiary/aromatic N) is 1. The molecule has 1 fully saturated rings. The zero-order valence-electron chi connectivity index (χ0n) is 12.4. The number of ether oxygens (including phenoxy) is 1. The number of carbonyl (C=O) groups is 2. The number of hydrogen-bond donors (Lipinski definition) is 1. The number of aromatic nitrogens is 1. The van der Waals surface area contributed by atoms with Gasteiger partial charge >= 0.3 is 5.97 Å². The Hall–Kier alpha value is -1.48. The van der Waals surface area contributed by atoms with Crippen molar-refractivity contribution in [2.45, 2.75) is 26.7 Å². The van der Waals surface area contributed by atoms with Crippen LogP contribution in [-0.2, 0) is 19.4 Å². The fraction of sp³-hybridized carbons (Fsp3) is 0.615. The minimum Gasteiger partial charge on any atom is -0.462 e. The minimum absolute atomic E-state index is 0.0609. The van der Waals surface area contributed by atoms with E-state index in [2.05, 4.69) is 10.3 Å². The van der Waals surface area contributed by atoms with E-state index in [0.29, 0.717) is 22.1 Å². The van der Waals surface area contributed by atoms with Crippen molar-refractivity contribution in [1.29, 1.82) is 0 Å². The van der Waals surface area contributed by atoms with E-state index < -0.39 is 15.8 Å². The second-order valence-corrected chi connectivity index (χ2v) is 8.40. The first kappa shape index (κ1) is 16.9. The minimum atomic E-state index is -2.99. The molecular formula is C13H18N2O5S2. The van der Waals surface area contributed by atoms with Crippen molar-refractivity contribution in [3.8, 4) is 0 Å². The van der Waals surface area contributed by atoms with Crippen LogP contribution in [0.5, 0.6) is 0 Å². The molecule has 1 amide bonds. The maximum atomic E-state index is 11.9. The lowest BCUT2D eigenvalue weighted by Gasteiger charge is -2.06. The number of nitrogens with one attached hydrogen (secondary N) is 1. The van der Waals surface area contributed by atoms with Crippen molar-refractivity contribution < 1.29 is 22.7 Å². The standard InChI is InChI=1S/C13H18N2O5S2/c1-3-20-12(17)11-8(2)14-13(21-11)15-10(16)6-9-4-5-22(18,19)7-9/h9H,3-7H2,1-2H3,(H,14,15,16)/t9-/m0/s1. The molecule has 22 heavy (non-hydrogen) atoms. The quantitative estimate of drug-likeness (QED) is 0.808. The first-order chi connectivity index (χ1) is 10.3. The molecule has 2 heterocycles. The van der Waals surface area contributed by atoms with Crippen LogP contribution in [-0.4, -0.2) is 43.4 Å². The first-order valence-electron chi connectivity index (χ1n) is 6.95. The highest BCUT2D eigenvalue weighted by Gasteiger charge is 2.29. The molecule has 0 spiro atoms. The lowest BCUT2D eigenvalue weighted by Crippen LogP contribution is -2.17. The summed E-state index contributed by atoms with van der Waals surface area (Å²) < 4.78 is 27.7. The van der Waals surface area contributed by atoms with E-state index in [-0.39, 0.29) is 36.4 Å². The zero-order chi connectivity index (χ0) is 16.3. The SMILES string of the molecule is CCOC(=O)c1sc(NC(=O)C[C@@H]2CCS(=O)(=O)C2)nc1C. The molecule has 2 rings (SSSR count). The van der Waals surface area contributed by atoms with Crippen molar-refractivity contribution in [3.05, 3.63) is 10.6 Å². The van der Waals surface area contributed by atoms with E-state index in [4.69, 9.17) is 4.74 Å². The van der Waals surface area contributed by atoms with Crippen molar-refractivity contribution in [3.63, 3.8) is 0 Å². The summed E-state index contributed by atoms with van der Waals surface area (Å²) >= 11 is 1.06. The van der Waals surface area contributed by atoms with Crippen molar-refractivity contribution in [2.24, 2.45) is 5.92 Å². The van der Waals surface area contributed by atoms with Gasteiger partial charge in [-0.15, -0.1) is 0 Å². The van der Waals surface area contributed by atoms with Crippen molar-refractivity contribution in [2.75, 3.05) is 23.4 Å². The maximum Gasteiger partial charge on any atom is 0.350 e. The molecule has 1 aromatic rings. The molecule has 1 aliphatic rings. The molecule has 0 unspecified atom stereocenters. The first-order valence-corrected chi connectivity index (χ1v) is 9.59. The molecular weight excluding hydrogens is 328 g/mol. The summed E-state index contributed by atoms with van der Waals surface area (Å²) in [7, 11) is -2.99. The highest BCUT2D eigenvalue weighted by molar-refractivity contribution is 7.91. The van der Waals surface area contributed by atoms with Crippen LogP contribution in [0.2, 0.25) is 0 Å². The molecule has 1 aromatic heterocycles. The van der Waals surface area contributed by atoms with Crippen molar-refractivity contribution >= 4 is 38.2 Å². The summed E-state index contributed by atoms with van der Waals surface area (Å²) in [6.45, 7) is 3.66. The fourth-order valence-corrected chi connectivity index (χ4v) is 5.04. The summed E-state index contributed by atoms with van der Waals surface area (Å²) in [5.41, 5.74) is 0.502. The van der Waals surface area contributed by atoms with Gasteiger partial charge in [-0.1, -0.05) is 11.3 Å². The monoisotopic (exact) mass is 346 g/mol. The molecule has 0 bridgehead atoms. The van der Waals surface area contributed by atoms with Crippen LogP contribution < -0.4 is 5.32 Å². The predicted molar refractivity (Wildman–Crippen MR) is 82.8 cm³/mol. The van der Waals surface area contributed by atoms with Gasteiger partial charge in [-0.05, 0) is 26.2 Å². The average Bonchev–Trinajstić information content (AvgIpc) is 2.92. The normalized spacial score (nSPS) is 19.8. The van der Waals surface area contributed by atoms with Crippen LogP contribution in [0.15, 0.2) is 0 Å². The Morgan fingerprint density at radius 2 is 2.18 bits per heavy atom. The van der Waals surface area contributed by atoms with E-state index >= 15 is 0 Å². The number of anilines is 1. The van der Waals surface area contributed by atoms with Gasteiger partial charge < -0.3 is 10.1 Å². The fourth-order valence-electron chi connectivity index (χ4n) is 2.30. The zero-order valence-corrected chi connectivity index (χ0v) is 14.1. The molecule has 0 saturated carbocycles. The van der Waals surface area contributed by atoms with Crippen LogP contribution in [0.4, 0.5) is 5.13 Å². The van der Waals surface area contributed by atoms with Crippen LogP contribution in [0.25, 0.3) is 0 Å². The van der Waals surface area contributed by atoms with Gasteiger partial charge in [-0.2, -0.15) is 0 Å². The molecule has 1 atom stereocenters. The summed E-state index contributed by atoms with van der Waals surface area (Å²) in [6.07, 6.45) is 0.660. The molecule has 122 valence electrons. The number of rotatable bonds is 5. The number of aryl methyl sites for hydroxylation is 1. The Morgan fingerprint density at radius 3 is 2.77 bits per heavy atom. The smallest absolute Gasteiger partial charge is 0.350 e. The summed E-state index contributed by atoms with van der Waals surface area (Å²) in [6, 6.07) is 0. The molecule has 1 N–H and O–H groups in total. The molecule has 0 aliphatic carbocycles. The van der Waals surface area contributed by atoms with E-state index in [1.807, 2.05) is 0 Å². The van der Waals surface area contributed by atoms with Gasteiger partial charge in [0.25, 0.3) is 0 Å². The molecule has 1 aliphatic heterocycles. The third-order valence-corrected chi connectivity index (χ3v) is 6.19. The number of sulfone groups is 1. The average molecular weight is 346 g/mol. The second-order valence-electron chi connectivity index (χ2n) is 5.18. The Morgan fingerprint density at radius 1 is 1.45 bits per heavy atom. The molecule has 0 aromatic carbocycles. The third kappa shape index (κ3) is 4.26. The van der Waals surface area contributed by atoms with Gasteiger partial charge in [0.05, 0.1) is 23.8 Å². The van der Waals surface area contributed by atoms with E-state index in [9.17, 15) is 18.0 Å². The van der Waals surface area contributed by atoms with E-state index in [1.165, 1.54) is 0 Å². The number of esters is 1. The Balaban J connectivity index is 1.95. The summed E-state index contributed by atoms with van der Waals surface area (Å²) in [4.78, 5) is 28.1. The number of hydrogen-bond acceptors (Lipinski definition) is 7. The topological polar surface area (TPSA) is 102 Å². The summed E-state index contributed by atoms with van der Waals surface area (Å²) in [5, 5.41) is 2.95. The number of thiazole rings is 1. The van der Waals surface area contributed by atoms with Gasteiger partial charge in [-0.3, -0.25) is 4.79 Å². The Labute approximate surface area is 133 Å². The largest absolute Gasteiger partial charge is 0.462 e. The van der Waals surface area contributed by atoms with Crippen LogP contribution >= 0.6 is 11.3 Å². The lowest BCUT2D eigenvalue weighted by molar-refractivity contribution is -0.116. The van der Waals surface area contributed by atoms with E-state index in [1.54, 1.807) is 13.8 Å². The van der Waals surface area contributed by atoms with Crippen LogP contribution in [0.1, 0.15) is 35.1 Å². The molecule has 1 saturated heterocycles. The van der Waals surface area contributed by atoms with Gasteiger partial charge in [0.15, 0.2) is 15.0 Å². The molecule has 9 heteroatoms. The second kappa shape index (κ2) is 6.74. The van der Waals surface area contributed by atoms with Crippen molar-refractivity contribution in [1.82, 2.24) is 4.98 Å².